The van der Waals surface area contributed by atoms with Crippen molar-refractivity contribution in [3.05, 3.63) is 35.4 Å². The summed E-state index contributed by atoms with van der Waals surface area (Å²) in [5.74, 6) is 5.28. The molecule has 0 heterocycles. The summed E-state index contributed by atoms with van der Waals surface area (Å²) in [5, 5.41) is 5.32. The topological polar surface area (TPSA) is 76.7 Å². The van der Waals surface area contributed by atoms with Crippen LogP contribution in [0, 0.1) is 11.8 Å². The number of hydrogen-bond donors (Lipinski definition) is 2. The van der Waals surface area contributed by atoms with E-state index in [1.165, 1.54) is 14.0 Å². The van der Waals surface area contributed by atoms with E-state index in [4.69, 9.17) is 9.47 Å². The fraction of sp³-hybridized carbons (Fsp3) is 0.412. The Balaban J connectivity index is 2.54. The number of ether oxygens (including phenoxy) is 2. The lowest BCUT2D eigenvalue weighted by molar-refractivity contribution is -0.129. The van der Waals surface area contributed by atoms with Crippen molar-refractivity contribution in [2.24, 2.45) is 0 Å². The lowest BCUT2D eigenvalue weighted by Crippen LogP contribution is -2.48. The summed E-state index contributed by atoms with van der Waals surface area (Å²) in [6, 6.07) is 6.84. The van der Waals surface area contributed by atoms with Gasteiger partial charge >= 0.3 is 0 Å². The molecule has 1 unspecified atom stereocenters. The monoisotopic (exact) mass is 318 g/mol. The van der Waals surface area contributed by atoms with Crippen molar-refractivity contribution in [1.82, 2.24) is 10.6 Å². The zero-order chi connectivity index (χ0) is 17.1. The van der Waals surface area contributed by atoms with Gasteiger partial charge in [-0.15, -0.1) is 0 Å². The van der Waals surface area contributed by atoms with Gasteiger partial charge in [0.25, 0.3) is 0 Å². The third kappa shape index (κ3) is 7.45. The minimum atomic E-state index is -0.698. The van der Waals surface area contributed by atoms with Gasteiger partial charge in [-0.25, -0.2) is 0 Å². The summed E-state index contributed by atoms with van der Waals surface area (Å²) in [7, 11) is 3.07. The standard InChI is InChI=1S/C17H22N2O4/c1-13(20)19-16(12-23-3)17(21)18-11-15-8-6-14(7-9-15)5-4-10-22-2/h6-9,16H,10-12H2,1-3H3,(H,18,21)(H,19,20). The Bertz CT molecular complexity index is 572. The molecule has 0 saturated carbocycles. The fourth-order valence-corrected chi connectivity index (χ4v) is 1.82. The highest BCUT2D eigenvalue weighted by molar-refractivity contribution is 5.86. The van der Waals surface area contributed by atoms with E-state index in [1.54, 1.807) is 7.11 Å². The van der Waals surface area contributed by atoms with Crippen LogP contribution in [0.3, 0.4) is 0 Å². The maximum Gasteiger partial charge on any atom is 0.245 e. The molecule has 0 aliphatic carbocycles. The average Bonchev–Trinajstić information content (AvgIpc) is 2.53. The van der Waals surface area contributed by atoms with E-state index in [-0.39, 0.29) is 18.4 Å². The smallest absolute Gasteiger partial charge is 0.245 e. The molecule has 2 amide bonds. The Morgan fingerprint density at radius 1 is 1.17 bits per heavy atom. The lowest BCUT2D eigenvalue weighted by atomic mass is 10.1. The van der Waals surface area contributed by atoms with Crippen LogP contribution in [0.1, 0.15) is 18.1 Å². The van der Waals surface area contributed by atoms with Gasteiger partial charge in [0, 0.05) is 33.3 Å². The molecule has 0 aliphatic heterocycles. The molecule has 2 N–H and O–H groups in total. The Morgan fingerprint density at radius 3 is 2.43 bits per heavy atom. The van der Waals surface area contributed by atoms with Gasteiger partial charge in [-0.1, -0.05) is 24.0 Å². The van der Waals surface area contributed by atoms with E-state index >= 15 is 0 Å². The van der Waals surface area contributed by atoms with Crippen LogP contribution in [0.25, 0.3) is 0 Å². The van der Waals surface area contributed by atoms with E-state index in [2.05, 4.69) is 22.5 Å². The van der Waals surface area contributed by atoms with Gasteiger partial charge < -0.3 is 20.1 Å². The second kappa shape index (κ2) is 10.4. The lowest BCUT2D eigenvalue weighted by Gasteiger charge is -2.16. The van der Waals surface area contributed by atoms with Crippen molar-refractivity contribution in [2.75, 3.05) is 27.4 Å². The molecule has 124 valence electrons. The van der Waals surface area contributed by atoms with Crippen LogP contribution in [0.5, 0.6) is 0 Å². The highest BCUT2D eigenvalue weighted by atomic mass is 16.5. The van der Waals surface area contributed by atoms with Crippen molar-refractivity contribution in [3.8, 4) is 11.8 Å². The molecule has 0 aliphatic rings. The quantitative estimate of drug-likeness (QED) is 0.716. The molecule has 0 aromatic heterocycles. The van der Waals surface area contributed by atoms with Crippen molar-refractivity contribution in [3.63, 3.8) is 0 Å². The molecule has 1 rings (SSSR count). The Kier molecular flexibility index (Phi) is 8.43. The predicted molar refractivity (Wildman–Crippen MR) is 86.5 cm³/mol. The molecular formula is C17H22N2O4. The van der Waals surface area contributed by atoms with Crippen molar-refractivity contribution in [1.29, 1.82) is 0 Å². The molecule has 0 fully saturated rings. The largest absolute Gasteiger partial charge is 0.382 e. The number of nitrogens with one attached hydrogen (secondary N) is 2. The summed E-state index contributed by atoms with van der Waals surface area (Å²) in [6.45, 7) is 2.24. The van der Waals surface area contributed by atoms with Crippen molar-refractivity contribution < 1.29 is 19.1 Å². The van der Waals surface area contributed by atoms with Crippen molar-refractivity contribution >= 4 is 11.8 Å². The van der Waals surface area contributed by atoms with E-state index in [0.29, 0.717) is 13.2 Å². The normalized spacial score (nSPS) is 11.1. The number of carbonyl (C=O) groups is 2. The van der Waals surface area contributed by atoms with Gasteiger partial charge in [0.2, 0.25) is 11.8 Å². The van der Waals surface area contributed by atoms with Gasteiger partial charge in [0.1, 0.15) is 12.6 Å². The second-order valence-corrected chi connectivity index (χ2v) is 4.86. The van der Waals surface area contributed by atoms with Crippen LogP contribution in [0.15, 0.2) is 24.3 Å². The molecule has 1 aromatic carbocycles. The zero-order valence-corrected chi connectivity index (χ0v) is 13.6. The Morgan fingerprint density at radius 2 is 1.87 bits per heavy atom. The molecule has 6 nitrogen and oxygen atoms in total. The summed E-state index contributed by atoms with van der Waals surface area (Å²) in [6.07, 6.45) is 0. The van der Waals surface area contributed by atoms with Crippen LogP contribution in [-0.2, 0) is 25.6 Å². The highest BCUT2D eigenvalue weighted by Gasteiger charge is 2.18. The van der Waals surface area contributed by atoms with Gasteiger partial charge in [0.15, 0.2) is 0 Å². The van der Waals surface area contributed by atoms with E-state index in [9.17, 15) is 9.59 Å². The first-order valence-electron chi connectivity index (χ1n) is 7.17. The summed E-state index contributed by atoms with van der Waals surface area (Å²) < 4.78 is 9.80. The number of rotatable bonds is 7. The minimum absolute atomic E-state index is 0.124. The number of benzene rings is 1. The summed E-state index contributed by atoms with van der Waals surface area (Å²) in [4.78, 5) is 23.1. The van der Waals surface area contributed by atoms with E-state index in [0.717, 1.165) is 11.1 Å². The molecule has 0 bridgehead atoms. The fourth-order valence-electron chi connectivity index (χ4n) is 1.82. The van der Waals surface area contributed by atoms with Crippen LogP contribution >= 0.6 is 0 Å². The van der Waals surface area contributed by atoms with Gasteiger partial charge in [-0.2, -0.15) is 0 Å². The molecule has 0 radical (unpaired) electrons. The molecule has 1 aromatic rings. The van der Waals surface area contributed by atoms with E-state index in [1.807, 2.05) is 24.3 Å². The first kappa shape index (κ1) is 18.7. The van der Waals surface area contributed by atoms with Crippen LogP contribution in [-0.4, -0.2) is 45.3 Å². The minimum Gasteiger partial charge on any atom is -0.382 e. The van der Waals surface area contributed by atoms with E-state index < -0.39 is 6.04 Å². The van der Waals surface area contributed by atoms with Crippen molar-refractivity contribution in [2.45, 2.75) is 19.5 Å². The molecule has 1 atom stereocenters. The summed E-state index contributed by atoms with van der Waals surface area (Å²) >= 11 is 0. The molecule has 23 heavy (non-hydrogen) atoms. The first-order valence-corrected chi connectivity index (χ1v) is 7.17. The van der Waals surface area contributed by atoms with Gasteiger partial charge in [-0.05, 0) is 17.7 Å². The molecule has 0 spiro atoms. The van der Waals surface area contributed by atoms with Crippen LogP contribution in [0.4, 0.5) is 0 Å². The molecule has 6 heteroatoms. The number of methoxy groups -OCH3 is 2. The van der Waals surface area contributed by atoms with Gasteiger partial charge in [0.05, 0.1) is 6.61 Å². The maximum absolute atomic E-state index is 12.0. The Labute approximate surface area is 136 Å². The maximum atomic E-state index is 12.0. The molecule has 0 saturated heterocycles. The Hall–Kier alpha value is -2.36. The zero-order valence-electron chi connectivity index (χ0n) is 13.6. The number of carbonyl (C=O) groups excluding carboxylic acids is 2. The molecular weight excluding hydrogens is 296 g/mol. The number of amides is 2. The first-order chi connectivity index (χ1) is 11.1. The second-order valence-electron chi connectivity index (χ2n) is 4.86. The highest BCUT2D eigenvalue weighted by Crippen LogP contribution is 2.03. The summed E-state index contributed by atoms with van der Waals surface area (Å²) in [5.41, 5.74) is 1.82. The van der Waals surface area contributed by atoms with Crippen LogP contribution < -0.4 is 10.6 Å². The number of hydrogen-bond acceptors (Lipinski definition) is 4. The third-order valence-electron chi connectivity index (χ3n) is 2.90. The van der Waals surface area contributed by atoms with Gasteiger partial charge in [-0.3, -0.25) is 9.59 Å². The average molecular weight is 318 g/mol. The van der Waals surface area contributed by atoms with Crippen LogP contribution in [0.2, 0.25) is 0 Å². The predicted octanol–water partition coefficient (Wildman–Crippen LogP) is 0.452. The third-order valence-corrected chi connectivity index (χ3v) is 2.90. The SMILES string of the molecule is COCC#Cc1ccc(CNC(=O)C(COC)NC(C)=O)cc1.